The zero-order chi connectivity index (χ0) is 15.9. The number of ether oxygens (including phenoxy) is 2. The molecule has 6 heteroatoms. The molecule has 0 atom stereocenters. The first kappa shape index (κ1) is 16.1. The summed E-state index contributed by atoms with van der Waals surface area (Å²) in [6, 6.07) is 4.37. The van der Waals surface area contributed by atoms with Crippen LogP contribution in [-0.4, -0.2) is 48.2 Å². The number of hydrogen-bond donors (Lipinski definition) is 1. The molecule has 1 aliphatic rings. The van der Waals surface area contributed by atoms with Crippen LogP contribution < -0.4 is 9.47 Å². The Labute approximate surface area is 129 Å². The second kappa shape index (κ2) is 7.68. The molecule has 0 bridgehead atoms. The molecular weight excluding hydrogens is 286 g/mol. The van der Waals surface area contributed by atoms with Crippen LogP contribution in [0.5, 0.6) is 11.5 Å². The maximum Gasteiger partial charge on any atom is 0.335 e. The van der Waals surface area contributed by atoms with Gasteiger partial charge in [0.05, 0.1) is 12.2 Å². The lowest BCUT2D eigenvalue weighted by molar-refractivity contribution is -0.134. The summed E-state index contributed by atoms with van der Waals surface area (Å²) in [7, 11) is 0. The fourth-order valence-corrected chi connectivity index (χ4v) is 2.40. The van der Waals surface area contributed by atoms with Crippen molar-refractivity contribution in [3.05, 3.63) is 23.8 Å². The summed E-state index contributed by atoms with van der Waals surface area (Å²) in [4.78, 5) is 24.9. The van der Waals surface area contributed by atoms with Crippen LogP contribution in [0.2, 0.25) is 0 Å². The largest absolute Gasteiger partial charge is 0.490 e. The van der Waals surface area contributed by atoms with Crippen molar-refractivity contribution in [2.24, 2.45) is 0 Å². The molecule has 1 heterocycles. The van der Waals surface area contributed by atoms with Crippen molar-refractivity contribution in [3.8, 4) is 11.5 Å². The number of likely N-dealkylation sites (tertiary alicyclic amines) is 1. The van der Waals surface area contributed by atoms with Gasteiger partial charge < -0.3 is 19.5 Å². The molecule has 0 radical (unpaired) electrons. The Balaban J connectivity index is 2.01. The lowest BCUT2D eigenvalue weighted by Crippen LogP contribution is -2.38. The SMILES string of the molecule is CCOc1cc(C(=O)O)ccc1OCC(=O)N1CCCCC1. The Morgan fingerprint density at radius 2 is 1.86 bits per heavy atom. The number of hydrogen-bond acceptors (Lipinski definition) is 4. The quantitative estimate of drug-likeness (QED) is 0.871. The van der Waals surface area contributed by atoms with Crippen molar-refractivity contribution in [1.82, 2.24) is 4.90 Å². The number of nitrogens with zero attached hydrogens (tertiary/aromatic N) is 1. The molecule has 2 rings (SSSR count). The number of benzene rings is 1. The fraction of sp³-hybridized carbons (Fsp3) is 0.500. The highest BCUT2D eigenvalue weighted by atomic mass is 16.5. The average Bonchev–Trinajstić information content (AvgIpc) is 2.54. The van der Waals surface area contributed by atoms with E-state index in [1.807, 2.05) is 0 Å². The number of carboxylic acids is 1. The third kappa shape index (κ3) is 4.13. The zero-order valence-corrected chi connectivity index (χ0v) is 12.7. The fourth-order valence-electron chi connectivity index (χ4n) is 2.40. The van der Waals surface area contributed by atoms with E-state index in [1.165, 1.54) is 18.2 Å². The van der Waals surface area contributed by atoms with Crippen LogP contribution in [0.3, 0.4) is 0 Å². The van der Waals surface area contributed by atoms with E-state index < -0.39 is 5.97 Å². The topological polar surface area (TPSA) is 76.1 Å². The van der Waals surface area contributed by atoms with Crippen molar-refractivity contribution in [2.75, 3.05) is 26.3 Å². The molecular formula is C16H21NO5. The predicted molar refractivity (Wildman–Crippen MR) is 80.5 cm³/mol. The number of amides is 1. The van der Waals surface area contributed by atoms with Crippen molar-refractivity contribution in [1.29, 1.82) is 0 Å². The molecule has 1 saturated heterocycles. The Morgan fingerprint density at radius 3 is 2.50 bits per heavy atom. The Hall–Kier alpha value is -2.24. The first-order valence-corrected chi connectivity index (χ1v) is 7.52. The lowest BCUT2D eigenvalue weighted by Gasteiger charge is -2.26. The van der Waals surface area contributed by atoms with Gasteiger partial charge in [0, 0.05) is 13.1 Å². The van der Waals surface area contributed by atoms with Gasteiger partial charge in [-0.25, -0.2) is 4.79 Å². The average molecular weight is 307 g/mol. The normalized spacial score (nSPS) is 14.5. The maximum absolute atomic E-state index is 12.1. The molecule has 22 heavy (non-hydrogen) atoms. The van der Waals surface area contributed by atoms with E-state index in [0.717, 1.165) is 32.4 Å². The molecule has 120 valence electrons. The van der Waals surface area contributed by atoms with Gasteiger partial charge in [-0.3, -0.25) is 4.79 Å². The molecule has 0 aromatic heterocycles. The highest BCUT2D eigenvalue weighted by molar-refractivity contribution is 5.88. The summed E-state index contributed by atoms with van der Waals surface area (Å²) in [5, 5.41) is 9.00. The summed E-state index contributed by atoms with van der Waals surface area (Å²) in [5.41, 5.74) is 0.123. The molecule has 6 nitrogen and oxygen atoms in total. The Kier molecular flexibility index (Phi) is 5.63. The van der Waals surface area contributed by atoms with Gasteiger partial charge in [0.1, 0.15) is 0 Å². The molecule has 0 saturated carbocycles. The van der Waals surface area contributed by atoms with Gasteiger partial charge in [-0.2, -0.15) is 0 Å². The molecule has 1 fully saturated rings. The first-order valence-electron chi connectivity index (χ1n) is 7.52. The first-order chi connectivity index (χ1) is 10.6. The lowest BCUT2D eigenvalue weighted by atomic mass is 10.1. The van der Waals surface area contributed by atoms with Crippen LogP contribution in [0.25, 0.3) is 0 Å². The van der Waals surface area contributed by atoms with Gasteiger partial charge in [0.25, 0.3) is 5.91 Å². The molecule has 0 unspecified atom stereocenters. The van der Waals surface area contributed by atoms with E-state index in [4.69, 9.17) is 14.6 Å². The highest BCUT2D eigenvalue weighted by Crippen LogP contribution is 2.28. The second-order valence-electron chi connectivity index (χ2n) is 5.13. The van der Waals surface area contributed by atoms with Crippen LogP contribution in [0, 0.1) is 0 Å². The van der Waals surface area contributed by atoms with Crippen molar-refractivity contribution < 1.29 is 24.2 Å². The number of piperidine rings is 1. The summed E-state index contributed by atoms with van der Waals surface area (Å²) < 4.78 is 10.9. The summed E-state index contributed by atoms with van der Waals surface area (Å²) >= 11 is 0. The molecule has 1 N–H and O–H groups in total. The molecule has 0 spiro atoms. The van der Waals surface area contributed by atoms with Crippen LogP contribution >= 0.6 is 0 Å². The Morgan fingerprint density at radius 1 is 1.14 bits per heavy atom. The molecule has 1 aromatic carbocycles. The third-order valence-electron chi connectivity index (χ3n) is 3.55. The Bertz CT molecular complexity index is 537. The highest BCUT2D eigenvalue weighted by Gasteiger charge is 2.18. The van der Waals surface area contributed by atoms with E-state index in [2.05, 4.69) is 0 Å². The predicted octanol–water partition coefficient (Wildman–Crippen LogP) is 2.17. The second-order valence-corrected chi connectivity index (χ2v) is 5.13. The van der Waals surface area contributed by atoms with Gasteiger partial charge in [0.2, 0.25) is 0 Å². The molecule has 1 amide bonds. The van der Waals surface area contributed by atoms with Crippen molar-refractivity contribution in [2.45, 2.75) is 26.2 Å². The summed E-state index contributed by atoms with van der Waals surface area (Å²) in [6.07, 6.45) is 3.22. The van der Waals surface area contributed by atoms with Gasteiger partial charge in [-0.1, -0.05) is 0 Å². The van der Waals surface area contributed by atoms with Crippen LogP contribution in [0.15, 0.2) is 18.2 Å². The van der Waals surface area contributed by atoms with E-state index in [0.29, 0.717) is 18.1 Å². The summed E-state index contributed by atoms with van der Waals surface area (Å²) in [6.45, 7) is 3.68. The van der Waals surface area contributed by atoms with Gasteiger partial charge in [0.15, 0.2) is 18.1 Å². The smallest absolute Gasteiger partial charge is 0.335 e. The minimum Gasteiger partial charge on any atom is -0.490 e. The van der Waals surface area contributed by atoms with Gasteiger partial charge in [-0.05, 0) is 44.4 Å². The van der Waals surface area contributed by atoms with Crippen LogP contribution in [-0.2, 0) is 4.79 Å². The minimum atomic E-state index is -1.03. The van der Waals surface area contributed by atoms with E-state index in [1.54, 1.807) is 11.8 Å². The number of carbonyl (C=O) groups excluding carboxylic acids is 1. The number of carbonyl (C=O) groups is 2. The third-order valence-corrected chi connectivity index (χ3v) is 3.55. The zero-order valence-electron chi connectivity index (χ0n) is 12.7. The van der Waals surface area contributed by atoms with Crippen LogP contribution in [0.1, 0.15) is 36.5 Å². The van der Waals surface area contributed by atoms with Crippen LogP contribution in [0.4, 0.5) is 0 Å². The minimum absolute atomic E-state index is 0.0514. The van der Waals surface area contributed by atoms with Crippen molar-refractivity contribution in [3.63, 3.8) is 0 Å². The van der Waals surface area contributed by atoms with Gasteiger partial charge in [-0.15, -0.1) is 0 Å². The van der Waals surface area contributed by atoms with E-state index >= 15 is 0 Å². The maximum atomic E-state index is 12.1. The monoisotopic (exact) mass is 307 g/mol. The number of aromatic carboxylic acids is 1. The van der Waals surface area contributed by atoms with Gasteiger partial charge >= 0.3 is 5.97 Å². The molecule has 0 aliphatic carbocycles. The molecule has 1 aromatic rings. The van der Waals surface area contributed by atoms with Crippen molar-refractivity contribution >= 4 is 11.9 Å². The molecule has 1 aliphatic heterocycles. The standard InChI is InChI=1S/C16H21NO5/c1-2-21-14-10-12(16(19)20)6-7-13(14)22-11-15(18)17-8-4-3-5-9-17/h6-7,10H,2-5,8-9,11H2,1H3,(H,19,20). The van der Waals surface area contributed by atoms with E-state index in [-0.39, 0.29) is 18.1 Å². The number of rotatable bonds is 6. The summed E-state index contributed by atoms with van der Waals surface area (Å²) in [5.74, 6) is -0.354. The van der Waals surface area contributed by atoms with E-state index in [9.17, 15) is 9.59 Å². The number of carboxylic acid groups (broad SMARTS) is 1.